The number of carbonyl (C=O) groups is 1. The summed E-state index contributed by atoms with van der Waals surface area (Å²) in [5, 5.41) is 0. The number of rotatable bonds is 4. The molecule has 2 aromatic carbocycles. The van der Waals surface area contributed by atoms with Crippen molar-refractivity contribution in [2.75, 3.05) is 0 Å². The van der Waals surface area contributed by atoms with Gasteiger partial charge in [0, 0.05) is 12.5 Å². The van der Waals surface area contributed by atoms with Crippen molar-refractivity contribution in [2.24, 2.45) is 0 Å². The third-order valence-electron chi connectivity index (χ3n) is 2.86. The first-order chi connectivity index (χ1) is 11.6. The monoisotopic (exact) mass is 418 g/mol. The first-order valence-electron chi connectivity index (χ1n) is 7.23. The van der Waals surface area contributed by atoms with E-state index in [9.17, 15) is 30.0 Å². The molecule has 10 heteroatoms. The Bertz CT molecular complexity index is 752. The summed E-state index contributed by atoms with van der Waals surface area (Å²) in [6.45, 7) is 1.41. The molecule has 0 unspecified atom stereocenters. The quantitative estimate of drug-likeness (QED) is 0.196. The molecule has 0 spiro atoms. The van der Waals surface area contributed by atoms with Crippen LogP contribution in [0.3, 0.4) is 0 Å². The number of carbonyl (C=O) groups excluding carboxylic acids is 1. The molecule has 2 nitrogen and oxygen atoms in total. The standard InChI is InChI=1S/C16H16O2S.F6P/c1-12(17)18-15-9-10-16(19)14(11-15)8-7-13-5-3-2-4-6-13;1-7(2,3,4,5)6/h2-6,9-11,19H,7-8H2,1H3;/q;-1/p+1. The molecule has 0 saturated carbocycles. The Morgan fingerprint density at radius 1 is 0.962 bits per heavy atom. The van der Waals surface area contributed by atoms with Crippen LogP contribution < -0.4 is 4.74 Å². The van der Waals surface area contributed by atoms with E-state index >= 15 is 0 Å². The van der Waals surface area contributed by atoms with E-state index in [1.807, 2.05) is 30.3 Å². The molecule has 0 N–H and O–H groups in total. The molecule has 0 fully saturated rings. The zero-order valence-electron chi connectivity index (χ0n) is 13.6. The Morgan fingerprint density at radius 2 is 1.50 bits per heavy atom. The van der Waals surface area contributed by atoms with Crippen LogP contribution in [0.5, 0.6) is 5.75 Å². The third-order valence-corrected chi connectivity index (χ3v) is 3.35. The van der Waals surface area contributed by atoms with Gasteiger partial charge in [0.25, 0.3) is 0 Å². The van der Waals surface area contributed by atoms with Crippen LogP contribution in [-0.4, -0.2) is 5.97 Å². The van der Waals surface area contributed by atoms with Crippen molar-refractivity contribution in [2.45, 2.75) is 24.7 Å². The van der Waals surface area contributed by atoms with E-state index in [2.05, 4.69) is 24.8 Å². The van der Waals surface area contributed by atoms with Crippen molar-refractivity contribution < 1.29 is 34.7 Å². The maximum atomic E-state index is 11.0. The minimum absolute atomic E-state index is 0.296. The Morgan fingerprint density at radius 3 is 2.00 bits per heavy atom. The molecule has 0 heterocycles. The second-order valence-corrected chi connectivity index (χ2v) is 7.81. The van der Waals surface area contributed by atoms with E-state index in [0.717, 1.165) is 23.3 Å². The van der Waals surface area contributed by atoms with Crippen LogP contribution in [0.2, 0.25) is 0 Å². The summed E-state index contributed by atoms with van der Waals surface area (Å²) >= 11 is 3.58. The zero-order valence-corrected chi connectivity index (χ0v) is 15.5. The molecule has 2 aromatic rings. The van der Waals surface area contributed by atoms with E-state index in [1.165, 1.54) is 12.5 Å². The SMILES string of the molecule is CC(=O)Oc1ccc([SH2+])c(CCc2ccccc2)c1.F[P-](F)(F)(F)(F)F. The minimum atomic E-state index is -10.7. The molecule has 2 rings (SSSR count). The van der Waals surface area contributed by atoms with E-state index in [-0.39, 0.29) is 5.97 Å². The van der Waals surface area contributed by atoms with Gasteiger partial charge in [0.05, 0.1) is 0 Å². The van der Waals surface area contributed by atoms with E-state index in [4.69, 9.17) is 4.74 Å². The molecule has 146 valence electrons. The van der Waals surface area contributed by atoms with Crippen LogP contribution in [0.4, 0.5) is 25.2 Å². The molecular weight excluding hydrogens is 401 g/mol. The van der Waals surface area contributed by atoms with Crippen molar-refractivity contribution in [1.29, 1.82) is 0 Å². The van der Waals surface area contributed by atoms with Crippen molar-refractivity contribution >= 4 is 26.4 Å². The normalized spacial score (nSPS) is 13.7. The molecule has 0 atom stereocenters. The topological polar surface area (TPSA) is 26.3 Å². The second kappa shape index (κ2) is 7.48. The van der Waals surface area contributed by atoms with Crippen LogP contribution >= 0.6 is 7.81 Å². The van der Waals surface area contributed by atoms with Gasteiger partial charge in [0.2, 0.25) is 0 Å². The van der Waals surface area contributed by atoms with Crippen LogP contribution in [-0.2, 0) is 30.3 Å². The maximum absolute atomic E-state index is 11.0. The van der Waals surface area contributed by atoms with Gasteiger partial charge in [0.15, 0.2) is 4.90 Å². The van der Waals surface area contributed by atoms with Crippen LogP contribution in [0.15, 0.2) is 53.4 Å². The Balaban J connectivity index is 0.000000412. The summed E-state index contributed by atoms with van der Waals surface area (Å²) in [4.78, 5) is 12.0. The number of esters is 1. The van der Waals surface area contributed by atoms with Crippen molar-refractivity contribution in [3.63, 3.8) is 0 Å². The summed E-state index contributed by atoms with van der Waals surface area (Å²) in [6, 6.07) is 15.9. The summed E-state index contributed by atoms with van der Waals surface area (Å²) in [6.07, 6.45) is 1.86. The van der Waals surface area contributed by atoms with E-state index in [0.29, 0.717) is 5.75 Å². The predicted octanol–water partition coefficient (Wildman–Crippen LogP) is 6.15. The van der Waals surface area contributed by atoms with Gasteiger partial charge in [-0.15, -0.1) is 0 Å². The molecule has 26 heavy (non-hydrogen) atoms. The molecule has 0 aromatic heterocycles. The molecule has 0 aliphatic carbocycles. The predicted molar refractivity (Wildman–Crippen MR) is 93.6 cm³/mol. The fourth-order valence-electron chi connectivity index (χ4n) is 1.93. The van der Waals surface area contributed by atoms with Crippen LogP contribution in [0.1, 0.15) is 18.1 Å². The molecule has 0 saturated heterocycles. The molecule has 0 aliphatic rings. The fourth-order valence-corrected chi connectivity index (χ4v) is 2.21. The number of ether oxygens (including phenoxy) is 1. The number of hydrogen-bond acceptors (Lipinski definition) is 2. The van der Waals surface area contributed by atoms with Crippen LogP contribution in [0.25, 0.3) is 0 Å². The van der Waals surface area contributed by atoms with Crippen LogP contribution in [0, 0.1) is 0 Å². The summed E-state index contributed by atoms with van der Waals surface area (Å²) in [5.74, 6) is 0.299. The van der Waals surface area contributed by atoms with Gasteiger partial charge < -0.3 is 4.74 Å². The zero-order chi connectivity index (χ0) is 20.1. The molecular formula is C16H17F6O2PS. The Hall–Kier alpha value is -1.73. The van der Waals surface area contributed by atoms with Crippen molar-refractivity contribution in [1.82, 2.24) is 0 Å². The van der Waals surface area contributed by atoms with E-state index < -0.39 is 7.81 Å². The van der Waals surface area contributed by atoms with Gasteiger partial charge in [-0.2, -0.15) is 0 Å². The van der Waals surface area contributed by atoms with Gasteiger partial charge in [-0.3, -0.25) is 4.79 Å². The number of benzene rings is 2. The number of hydrogen-bond donors (Lipinski definition) is 0. The molecule has 0 radical (unpaired) electrons. The number of halogens is 6. The average molecular weight is 418 g/mol. The first-order valence-corrected chi connectivity index (χ1v) is 9.76. The van der Waals surface area contributed by atoms with E-state index in [1.54, 1.807) is 6.07 Å². The molecule has 0 bridgehead atoms. The first kappa shape index (κ1) is 22.3. The van der Waals surface area contributed by atoms with Crippen molar-refractivity contribution in [3.05, 3.63) is 59.7 Å². The number of aryl methyl sites for hydroxylation is 2. The third kappa shape index (κ3) is 12.6. The van der Waals surface area contributed by atoms with Gasteiger partial charge in [-0.25, -0.2) is 0 Å². The van der Waals surface area contributed by atoms with Crippen molar-refractivity contribution in [3.8, 4) is 5.75 Å². The Kier molecular flexibility index (Phi) is 6.42. The summed E-state index contributed by atoms with van der Waals surface area (Å²) in [5.41, 5.74) is 2.44. The summed E-state index contributed by atoms with van der Waals surface area (Å²) in [7, 11) is -10.7. The fraction of sp³-hybridized carbons (Fsp3) is 0.188. The second-order valence-electron chi connectivity index (χ2n) is 5.36. The molecule has 0 amide bonds. The summed E-state index contributed by atoms with van der Waals surface area (Å²) < 4.78 is 64.3. The average Bonchev–Trinajstić information content (AvgIpc) is 2.45. The van der Waals surface area contributed by atoms with Gasteiger partial charge in [0.1, 0.15) is 5.75 Å². The molecule has 0 aliphatic heterocycles. The van der Waals surface area contributed by atoms with Gasteiger partial charge in [-0.05, 0) is 49.2 Å². The van der Waals surface area contributed by atoms with Gasteiger partial charge in [-0.1, -0.05) is 30.3 Å². The van der Waals surface area contributed by atoms with Gasteiger partial charge >= 0.3 is 39.0 Å². The Labute approximate surface area is 151 Å².